The van der Waals surface area contributed by atoms with Crippen LogP contribution in [0.2, 0.25) is 0 Å². The molecular formula is C15H18N4. The number of aryl methyl sites for hydroxylation is 3. The van der Waals surface area contributed by atoms with Crippen molar-refractivity contribution in [2.75, 3.05) is 5.73 Å². The molecule has 19 heavy (non-hydrogen) atoms. The molecule has 3 rings (SSSR count). The molecule has 4 heteroatoms. The smallest absolute Gasteiger partial charge is 0.0932 e. The molecule has 2 heterocycles. The lowest BCUT2D eigenvalue weighted by molar-refractivity contribution is 0.775. The molecule has 98 valence electrons. The van der Waals surface area contributed by atoms with Gasteiger partial charge in [0.2, 0.25) is 0 Å². The summed E-state index contributed by atoms with van der Waals surface area (Å²) in [4.78, 5) is 0. The number of hydrogen-bond donors (Lipinski definition) is 1. The number of rotatable bonds is 1. The van der Waals surface area contributed by atoms with Crippen molar-refractivity contribution in [3.05, 3.63) is 35.7 Å². The van der Waals surface area contributed by atoms with Crippen molar-refractivity contribution in [2.45, 2.75) is 13.8 Å². The average molecular weight is 254 g/mol. The Morgan fingerprint density at radius 2 is 1.89 bits per heavy atom. The third-order valence-electron chi connectivity index (χ3n) is 3.85. The highest BCUT2D eigenvalue weighted by atomic mass is 15.3. The fourth-order valence-electron chi connectivity index (χ4n) is 2.73. The van der Waals surface area contributed by atoms with Gasteiger partial charge in [-0.1, -0.05) is 12.1 Å². The van der Waals surface area contributed by atoms with Gasteiger partial charge < -0.3 is 10.3 Å². The second kappa shape index (κ2) is 3.88. The molecule has 3 aromatic rings. The minimum Gasteiger partial charge on any atom is -0.396 e. The molecule has 1 aromatic carbocycles. The topological polar surface area (TPSA) is 48.8 Å². The Labute approximate surface area is 112 Å². The van der Waals surface area contributed by atoms with Crippen LogP contribution in [-0.4, -0.2) is 14.3 Å². The summed E-state index contributed by atoms with van der Waals surface area (Å²) in [6.07, 6.45) is 1.71. The highest BCUT2D eigenvalue weighted by Gasteiger charge is 2.18. The van der Waals surface area contributed by atoms with Gasteiger partial charge in [0, 0.05) is 36.3 Å². The third kappa shape index (κ3) is 1.56. The van der Waals surface area contributed by atoms with Crippen molar-refractivity contribution < 1.29 is 0 Å². The van der Waals surface area contributed by atoms with E-state index in [4.69, 9.17) is 5.73 Å². The lowest BCUT2D eigenvalue weighted by Gasteiger charge is -2.05. The zero-order valence-corrected chi connectivity index (χ0v) is 11.7. The Hall–Kier alpha value is -2.23. The molecule has 2 aromatic heterocycles. The maximum Gasteiger partial charge on any atom is 0.0932 e. The van der Waals surface area contributed by atoms with Crippen LogP contribution in [0.3, 0.4) is 0 Å². The van der Waals surface area contributed by atoms with Gasteiger partial charge >= 0.3 is 0 Å². The fourth-order valence-corrected chi connectivity index (χ4v) is 2.73. The minimum atomic E-state index is 0.721. The van der Waals surface area contributed by atoms with Crippen molar-refractivity contribution in [3.63, 3.8) is 0 Å². The molecule has 0 radical (unpaired) electrons. The Morgan fingerprint density at radius 1 is 1.16 bits per heavy atom. The first-order valence-corrected chi connectivity index (χ1v) is 6.34. The zero-order chi connectivity index (χ0) is 13.7. The van der Waals surface area contributed by atoms with E-state index in [1.807, 2.05) is 11.7 Å². The van der Waals surface area contributed by atoms with E-state index in [-0.39, 0.29) is 0 Å². The fraction of sp³-hybridized carbons (Fsp3) is 0.267. The van der Waals surface area contributed by atoms with Crippen molar-refractivity contribution >= 4 is 16.6 Å². The number of fused-ring (bicyclic) bond motifs is 1. The first-order chi connectivity index (χ1) is 9.00. The Balaban J connectivity index is 2.45. The minimum absolute atomic E-state index is 0.721. The third-order valence-corrected chi connectivity index (χ3v) is 3.85. The second-order valence-corrected chi connectivity index (χ2v) is 5.11. The van der Waals surface area contributed by atoms with Gasteiger partial charge in [0.25, 0.3) is 0 Å². The average Bonchev–Trinajstić information content (AvgIpc) is 2.81. The maximum atomic E-state index is 6.08. The number of nitrogen functional groups attached to an aromatic ring is 1. The Kier molecular flexibility index (Phi) is 2.42. The molecule has 0 fully saturated rings. The Morgan fingerprint density at radius 3 is 2.53 bits per heavy atom. The molecular weight excluding hydrogens is 236 g/mol. The normalized spacial score (nSPS) is 11.4. The lowest BCUT2D eigenvalue weighted by Crippen LogP contribution is -1.98. The molecule has 4 nitrogen and oxygen atoms in total. The number of benzene rings is 1. The molecule has 0 bridgehead atoms. The van der Waals surface area contributed by atoms with Crippen LogP contribution in [0, 0.1) is 13.8 Å². The SMILES string of the molecule is Cc1ccc2c(-c3c(N)cnn3C)c(C)n(C)c2c1. The van der Waals surface area contributed by atoms with E-state index in [0.717, 1.165) is 11.4 Å². The van der Waals surface area contributed by atoms with E-state index in [9.17, 15) is 0 Å². The summed E-state index contributed by atoms with van der Waals surface area (Å²) in [7, 11) is 4.02. The molecule has 0 aliphatic heterocycles. The highest BCUT2D eigenvalue weighted by Crippen LogP contribution is 2.36. The van der Waals surface area contributed by atoms with E-state index in [0.29, 0.717) is 0 Å². The van der Waals surface area contributed by atoms with Gasteiger partial charge in [-0.05, 0) is 25.5 Å². The lowest BCUT2D eigenvalue weighted by atomic mass is 10.1. The summed E-state index contributed by atoms with van der Waals surface area (Å²) in [5.41, 5.74) is 12.7. The van der Waals surface area contributed by atoms with Gasteiger partial charge in [0.1, 0.15) is 0 Å². The maximum absolute atomic E-state index is 6.08. The molecule has 0 aliphatic rings. The van der Waals surface area contributed by atoms with Gasteiger partial charge in [0.05, 0.1) is 17.6 Å². The van der Waals surface area contributed by atoms with Gasteiger partial charge in [0.15, 0.2) is 0 Å². The van der Waals surface area contributed by atoms with Gasteiger partial charge in [-0.3, -0.25) is 4.68 Å². The summed E-state index contributed by atoms with van der Waals surface area (Å²) < 4.78 is 4.06. The summed E-state index contributed by atoms with van der Waals surface area (Å²) >= 11 is 0. The van der Waals surface area contributed by atoms with Crippen LogP contribution in [0.5, 0.6) is 0 Å². The van der Waals surface area contributed by atoms with Gasteiger partial charge in [-0.2, -0.15) is 5.10 Å². The van der Waals surface area contributed by atoms with Crippen molar-refractivity contribution in [3.8, 4) is 11.3 Å². The molecule has 0 aliphatic carbocycles. The van der Waals surface area contributed by atoms with Crippen LogP contribution in [0.1, 0.15) is 11.3 Å². The number of nitrogens with two attached hydrogens (primary N) is 1. The highest BCUT2D eigenvalue weighted by molar-refractivity contribution is 5.99. The monoisotopic (exact) mass is 254 g/mol. The first-order valence-electron chi connectivity index (χ1n) is 6.34. The molecule has 0 atom stereocenters. The molecule has 0 amide bonds. The standard InChI is InChI=1S/C15H18N4/c1-9-5-6-11-13(7-9)18(3)10(2)14(11)15-12(16)8-17-19(15)4/h5-8H,16H2,1-4H3. The van der Waals surface area contributed by atoms with E-state index < -0.39 is 0 Å². The van der Waals surface area contributed by atoms with Crippen LogP contribution in [0.4, 0.5) is 5.69 Å². The molecule has 2 N–H and O–H groups in total. The number of anilines is 1. The summed E-state index contributed by atoms with van der Waals surface area (Å²) in [5.74, 6) is 0. The van der Waals surface area contributed by atoms with Crippen molar-refractivity contribution in [1.29, 1.82) is 0 Å². The summed E-state index contributed by atoms with van der Waals surface area (Å²) in [6.45, 7) is 4.23. The van der Waals surface area contributed by atoms with Crippen LogP contribution in [-0.2, 0) is 14.1 Å². The van der Waals surface area contributed by atoms with Crippen LogP contribution < -0.4 is 5.73 Å². The predicted octanol–water partition coefficient (Wildman–Crippen LogP) is 2.78. The number of hydrogen-bond acceptors (Lipinski definition) is 2. The number of aromatic nitrogens is 3. The Bertz CT molecular complexity index is 758. The molecule has 0 spiro atoms. The first kappa shape index (κ1) is 11.8. The number of nitrogens with zero attached hydrogens (tertiary/aromatic N) is 3. The van der Waals surface area contributed by atoms with Crippen molar-refractivity contribution in [2.24, 2.45) is 14.1 Å². The van der Waals surface area contributed by atoms with E-state index >= 15 is 0 Å². The molecule has 0 unspecified atom stereocenters. The van der Waals surface area contributed by atoms with Crippen LogP contribution in [0.15, 0.2) is 24.4 Å². The van der Waals surface area contributed by atoms with Gasteiger partial charge in [-0.15, -0.1) is 0 Å². The van der Waals surface area contributed by atoms with Gasteiger partial charge in [-0.25, -0.2) is 0 Å². The van der Waals surface area contributed by atoms with E-state index in [1.165, 1.54) is 27.7 Å². The van der Waals surface area contributed by atoms with Crippen LogP contribution in [0.25, 0.3) is 22.2 Å². The second-order valence-electron chi connectivity index (χ2n) is 5.11. The summed E-state index contributed by atoms with van der Waals surface area (Å²) in [6, 6.07) is 6.51. The largest absolute Gasteiger partial charge is 0.396 e. The predicted molar refractivity (Wildman–Crippen MR) is 79.0 cm³/mol. The quantitative estimate of drug-likeness (QED) is 0.726. The van der Waals surface area contributed by atoms with Crippen LogP contribution >= 0.6 is 0 Å². The van der Waals surface area contributed by atoms with Crippen molar-refractivity contribution in [1.82, 2.24) is 14.3 Å². The van der Waals surface area contributed by atoms with E-state index in [2.05, 4.69) is 48.8 Å². The summed E-state index contributed by atoms with van der Waals surface area (Å²) in [5, 5.41) is 5.47. The molecule has 0 saturated heterocycles. The zero-order valence-electron chi connectivity index (χ0n) is 11.7. The molecule has 0 saturated carbocycles. The van der Waals surface area contributed by atoms with E-state index in [1.54, 1.807) is 6.20 Å².